The van der Waals surface area contributed by atoms with Crippen molar-refractivity contribution in [1.29, 1.82) is 0 Å². The number of hydrogen-bond donors (Lipinski definition) is 6. The summed E-state index contributed by atoms with van der Waals surface area (Å²) in [5.74, 6) is -0.0925. The second kappa shape index (κ2) is 7.37. The van der Waals surface area contributed by atoms with Crippen LogP contribution >= 0.6 is 0 Å². The maximum atomic E-state index is 8.93. The van der Waals surface area contributed by atoms with Crippen LogP contribution < -0.4 is 22.9 Å². The van der Waals surface area contributed by atoms with Gasteiger partial charge in [0.1, 0.15) is 0 Å². The van der Waals surface area contributed by atoms with Gasteiger partial charge in [0.2, 0.25) is 0 Å². The Bertz CT molecular complexity index is 404. The summed E-state index contributed by atoms with van der Waals surface area (Å²) in [4.78, 5) is 0. The minimum atomic E-state index is -0.261. The highest BCUT2D eigenvalue weighted by Crippen LogP contribution is 2.34. The summed E-state index contributed by atoms with van der Waals surface area (Å²) < 4.78 is 0. The van der Waals surface area contributed by atoms with Gasteiger partial charge in [-0.3, -0.25) is 0 Å². The van der Waals surface area contributed by atoms with E-state index in [-0.39, 0.29) is 23.6 Å². The first-order chi connectivity index (χ1) is 9.40. The molecule has 0 radical (unpaired) electrons. The van der Waals surface area contributed by atoms with E-state index in [2.05, 4.69) is 0 Å². The number of aliphatic hydroxyl groups excluding tert-OH is 2. The number of nitrogens with two attached hydrogens (primary N) is 4. The molecule has 0 amide bonds. The van der Waals surface area contributed by atoms with E-state index in [0.717, 1.165) is 25.7 Å². The van der Waals surface area contributed by atoms with Crippen molar-refractivity contribution in [2.45, 2.75) is 25.7 Å². The Morgan fingerprint density at radius 2 is 1.15 bits per heavy atom. The maximum Gasteiger partial charge on any atom is 0.181 e. The standard InChI is InChI=1S/C14H24N4O2/c15-11(4-6-13(17)19)9-2-1-3-10(8-9)12(16)5-7-14(18)20/h4-7,9-10,19-20H,1-3,8,15-18H2/b11-4-,12-5-,13-6+,14-7+. The van der Waals surface area contributed by atoms with E-state index in [0.29, 0.717) is 11.4 Å². The van der Waals surface area contributed by atoms with Gasteiger partial charge in [0.05, 0.1) is 0 Å². The largest absolute Gasteiger partial charge is 0.495 e. The molecule has 0 aromatic heterocycles. The van der Waals surface area contributed by atoms with Crippen LogP contribution in [0.3, 0.4) is 0 Å². The molecule has 112 valence electrons. The van der Waals surface area contributed by atoms with Gasteiger partial charge in [0.25, 0.3) is 0 Å². The van der Waals surface area contributed by atoms with Crippen molar-refractivity contribution < 1.29 is 10.2 Å². The summed E-state index contributed by atoms with van der Waals surface area (Å²) >= 11 is 0. The van der Waals surface area contributed by atoms with Gasteiger partial charge in [-0.2, -0.15) is 0 Å². The molecular formula is C14H24N4O2. The predicted octanol–water partition coefficient (Wildman–Crippen LogP) is 1.19. The third-order valence-corrected chi connectivity index (χ3v) is 3.51. The molecule has 0 aliphatic heterocycles. The van der Waals surface area contributed by atoms with Crippen LogP contribution in [0.15, 0.2) is 47.5 Å². The lowest BCUT2D eigenvalue weighted by atomic mass is 9.78. The SMILES string of the molecule is N/C(=C\C=C(/N)O)C1CCCC(/C(N)=C/C=C(\N)O)C1. The molecule has 1 fully saturated rings. The Hall–Kier alpha value is -2.24. The van der Waals surface area contributed by atoms with Crippen molar-refractivity contribution in [2.75, 3.05) is 0 Å². The van der Waals surface area contributed by atoms with E-state index in [1.165, 1.54) is 12.2 Å². The van der Waals surface area contributed by atoms with Crippen LogP contribution in [0.4, 0.5) is 0 Å². The first-order valence-electron chi connectivity index (χ1n) is 6.63. The van der Waals surface area contributed by atoms with E-state index in [1.807, 2.05) is 0 Å². The molecule has 20 heavy (non-hydrogen) atoms. The Balaban J connectivity index is 2.72. The summed E-state index contributed by atoms with van der Waals surface area (Å²) in [6.07, 6.45) is 9.87. The van der Waals surface area contributed by atoms with E-state index in [4.69, 9.17) is 33.1 Å². The van der Waals surface area contributed by atoms with Gasteiger partial charge in [-0.25, -0.2) is 0 Å². The minimum absolute atomic E-state index is 0.215. The zero-order valence-corrected chi connectivity index (χ0v) is 11.5. The predicted molar refractivity (Wildman–Crippen MR) is 79.8 cm³/mol. The molecule has 0 saturated heterocycles. The Morgan fingerprint density at radius 3 is 1.50 bits per heavy atom. The van der Waals surface area contributed by atoms with Crippen molar-refractivity contribution >= 4 is 0 Å². The van der Waals surface area contributed by atoms with Crippen LogP contribution in [0.2, 0.25) is 0 Å². The lowest BCUT2D eigenvalue weighted by molar-refractivity contribution is 0.324. The number of aliphatic hydroxyl groups is 2. The molecule has 6 nitrogen and oxygen atoms in total. The molecule has 6 heteroatoms. The molecule has 0 aromatic carbocycles. The summed E-state index contributed by atoms with van der Waals surface area (Å²) in [6.45, 7) is 0. The van der Waals surface area contributed by atoms with Crippen LogP contribution in [0.1, 0.15) is 25.7 Å². The van der Waals surface area contributed by atoms with E-state index < -0.39 is 0 Å². The molecule has 0 aromatic rings. The Labute approximate surface area is 119 Å². The van der Waals surface area contributed by atoms with Crippen LogP contribution in [0.25, 0.3) is 0 Å². The highest BCUT2D eigenvalue weighted by molar-refractivity contribution is 5.18. The molecule has 1 rings (SSSR count). The molecule has 2 atom stereocenters. The van der Waals surface area contributed by atoms with Gasteiger partial charge < -0.3 is 33.1 Å². The molecule has 10 N–H and O–H groups in total. The third-order valence-electron chi connectivity index (χ3n) is 3.51. The van der Waals surface area contributed by atoms with Crippen molar-refractivity contribution in [2.24, 2.45) is 34.8 Å². The Kier molecular flexibility index (Phi) is 5.83. The van der Waals surface area contributed by atoms with Crippen molar-refractivity contribution in [3.63, 3.8) is 0 Å². The monoisotopic (exact) mass is 280 g/mol. The fourth-order valence-corrected chi connectivity index (χ4v) is 2.43. The maximum absolute atomic E-state index is 8.93. The molecule has 1 aliphatic rings. The average molecular weight is 280 g/mol. The first-order valence-corrected chi connectivity index (χ1v) is 6.63. The van der Waals surface area contributed by atoms with Gasteiger partial charge in [-0.1, -0.05) is 6.42 Å². The number of allylic oxidation sites excluding steroid dienone is 6. The van der Waals surface area contributed by atoms with Crippen LogP contribution in [0, 0.1) is 11.8 Å². The average Bonchev–Trinajstić information content (AvgIpc) is 2.42. The van der Waals surface area contributed by atoms with Gasteiger partial charge >= 0.3 is 0 Å². The zero-order valence-electron chi connectivity index (χ0n) is 11.5. The fraction of sp³-hybridized carbons (Fsp3) is 0.429. The van der Waals surface area contributed by atoms with Crippen LogP contribution in [0.5, 0.6) is 0 Å². The van der Waals surface area contributed by atoms with E-state index in [1.54, 1.807) is 12.2 Å². The normalized spacial score (nSPS) is 26.6. The van der Waals surface area contributed by atoms with Gasteiger partial charge in [-0.15, -0.1) is 0 Å². The molecular weight excluding hydrogens is 256 g/mol. The second-order valence-corrected chi connectivity index (χ2v) is 5.08. The number of rotatable bonds is 4. The van der Waals surface area contributed by atoms with Gasteiger partial charge in [-0.05, 0) is 55.4 Å². The van der Waals surface area contributed by atoms with Crippen molar-refractivity contribution in [3.05, 3.63) is 47.5 Å². The second-order valence-electron chi connectivity index (χ2n) is 5.08. The number of hydrogen-bond acceptors (Lipinski definition) is 6. The topological polar surface area (TPSA) is 145 Å². The fourth-order valence-electron chi connectivity index (χ4n) is 2.43. The summed E-state index contributed by atoms with van der Waals surface area (Å²) in [5, 5.41) is 17.9. The minimum Gasteiger partial charge on any atom is -0.495 e. The quantitative estimate of drug-likeness (QED) is 0.337. The van der Waals surface area contributed by atoms with E-state index in [9.17, 15) is 0 Å². The zero-order chi connectivity index (χ0) is 15.1. The molecule has 0 bridgehead atoms. The third kappa shape index (κ3) is 5.17. The van der Waals surface area contributed by atoms with E-state index >= 15 is 0 Å². The molecule has 0 spiro atoms. The first kappa shape index (κ1) is 15.8. The lowest BCUT2D eigenvalue weighted by Gasteiger charge is -2.29. The molecule has 1 saturated carbocycles. The highest BCUT2D eigenvalue weighted by Gasteiger charge is 2.24. The highest BCUT2D eigenvalue weighted by atomic mass is 16.3. The lowest BCUT2D eigenvalue weighted by Crippen LogP contribution is -2.24. The smallest absolute Gasteiger partial charge is 0.181 e. The summed E-state index contributed by atoms with van der Waals surface area (Å²) in [7, 11) is 0. The summed E-state index contributed by atoms with van der Waals surface area (Å²) in [5.41, 5.74) is 23.7. The summed E-state index contributed by atoms with van der Waals surface area (Å²) in [6, 6.07) is 0. The van der Waals surface area contributed by atoms with Crippen molar-refractivity contribution in [1.82, 2.24) is 0 Å². The van der Waals surface area contributed by atoms with Crippen molar-refractivity contribution in [3.8, 4) is 0 Å². The molecule has 0 heterocycles. The van der Waals surface area contributed by atoms with Gasteiger partial charge in [0, 0.05) is 11.4 Å². The van der Waals surface area contributed by atoms with Crippen LogP contribution in [-0.2, 0) is 0 Å². The van der Waals surface area contributed by atoms with Gasteiger partial charge in [0.15, 0.2) is 11.8 Å². The Morgan fingerprint density at radius 1 is 0.750 bits per heavy atom. The molecule has 1 aliphatic carbocycles. The molecule has 2 unspecified atom stereocenters. The van der Waals surface area contributed by atoms with Crippen LogP contribution in [-0.4, -0.2) is 10.2 Å².